The first-order valence-corrected chi connectivity index (χ1v) is 6.15. The fraction of sp³-hybridized carbons (Fsp3) is 0.667. The smallest absolute Gasteiger partial charge is 0.221 e. The van der Waals surface area contributed by atoms with Crippen LogP contribution in [0.15, 0.2) is 6.33 Å². The van der Waals surface area contributed by atoms with Crippen molar-refractivity contribution >= 4 is 5.82 Å². The van der Waals surface area contributed by atoms with E-state index in [1.165, 1.54) is 19.2 Å². The van der Waals surface area contributed by atoms with Gasteiger partial charge in [0.05, 0.1) is 5.56 Å². The van der Waals surface area contributed by atoms with Crippen molar-refractivity contribution in [1.29, 1.82) is 0 Å². The normalized spacial score (nSPS) is 24.4. The van der Waals surface area contributed by atoms with Crippen molar-refractivity contribution < 1.29 is 4.74 Å². The second-order valence-electron chi connectivity index (χ2n) is 4.81. The Morgan fingerprint density at radius 1 is 1.41 bits per heavy atom. The molecule has 94 valence electrons. The van der Waals surface area contributed by atoms with E-state index in [4.69, 9.17) is 10.6 Å². The van der Waals surface area contributed by atoms with Crippen LogP contribution >= 0.6 is 0 Å². The summed E-state index contributed by atoms with van der Waals surface area (Å²) in [6.07, 6.45) is 6.51. The van der Waals surface area contributed by atoms with Crippen molar-refractivity contribution in [1.82, 2.24) is 9.97 Å². The molecule has 1 saturated carbocycles. The van der Waals surface area contributed by atoms with Gasteiger partial charge in [0.25, 0.3) is 0 Å². The van der Waals surface area contributed by atoms with E-state index in [1.54, 1.807) is 0 Å². The van der Waals surface area contributed by atoms with Crippen LogP contribution in [0.4, 0.5) is 5.82 Å². The van der Waals surface area contributed by atoms with Gasteiger partial charge in [-0.05, 0) is 32.1 Å². The Labute approximate surface area is 102 Å². The van der Waals surface area contributed by atoms with Crippen LogP contribution in [0.3, 0.4) is 0 Å². The predicted molar refractivity (Wildman–Crippen MR) is 66.6 cm³/mol. The largest absolute Gasteiger partial charge is 0.474 e. The van der Waals surface area contributed by atoms with E-state index in [9.17, 15) is 0 Å². The second kappa shape index (κ2) is 5.31. The Balaban J connectivity index is 2.07. The zero-order valence-corrected chi connectivity index (χ0v) is 10.4. The summed E-state index contributed by atoms with van der Waals surface area (Å²) >= 11 is 0. The molecule has 1 fully saturated rings. The average molecular weight is 236 g/mol. The van der Waals surface area contributed by atoms with Crippen LogP contribution in [0.25, 0.3) is 0 Å². The topological polar surface area (TPSA) is 73.1 Å². The SMILES string of the molecule is Cc1c(NN)ncnc1OC1CCCC(C)C1. The molecule has 0 aromatic carbocycles. The van der Waals surface area contributed by atoms with Crippen LogP contribution in [0, 0.1) is 12.8 Å². The molecule has 1 aliphatic carbocycles. The number of anilines is 1. The van der Waals surface area contributed by atoms with Gasteiger partial charge in [-0.1, -0.05) is 13.3 Å². The van der Waals surface area contributed by atoms with Crippen molar-refractivity contribution in [3.63, 3.8) is 0 Å². The highest BCUT2D eigenvalue weighted by atomic mass is 16.5. The lowest BCUT2D eigenvalue weighted by molar-refractivity contribution is 0.123. The van der Waals surface area contributed by atoms with Crippen molar-refractivity contribution in [2.75, 3.05) is 5.43 Å². The van der Waals surface area contributed by atoms with Crippen LogP contribution in [0.2, 0.25) is 0 Å². The minimum atomic E-state index is 0.276. The summed E-state index contributed by atoms with van der Waals surface area (Å²) in [5.41, 5.74) is 3.42. The Morgan fingerprint density at radius 2 is 2.24 bits per heavy atom. The molecule has 5 nitrogen and oxygen atoms in total. The molecule has 1 aliphatic rings. The van der Waals surface area contributed by atoms with Gasteiger partial charge in [0.15, 0.2) is 0 Å². The van der Waals surface area contributed by atoms with Crippen molar-refractivity contribution in [2.24, 2.45) is 11.8 Å². The monoisotopic (exact) mass is 236 g/mol. The molecular weight excluding hydrogens is 216 g/mol. The minimum Gasteiger partial charge on any atom is -0.474 e. The highest BCUT2D eigenvalue weighted by Gasteiger charge is 2.21. The molecule has 1 aromatic heterocycles. The molecule has 1 aromatic rings. The molecule has 1 heterocycles. The number of rotatable bonds is 3. The van der Waals surface area contributed by atoms with Crippen LogP contribution in [-0.4, -0.2) is 16.1 Å². The molecule has 0 bridgehead atoms. The summed E-state index contributed by atoms with van der Waals surface area (Å²) < 4.78 is 5.95. The number of nitrogens with one attached hydrogen (secondary N) is 1. The van der Waals surface area contributed by atoms with Gasteiger partial charge in [-0.2, -0.15) is 0 Å². The van der Waals surface area contributed by atoms with E-state index in [2.05, 4.69) is 22.3 Å². The molecule has 17 heavy (non-hydrogen) atoms. The number of nitrogens with zero attached hydrogens (tertiary/aromatic N) is 2. The van der Waals surface area contributed by atoms with E-state index in [1.807, 2.05) is 6.92 Å². The summed E-state index contributed by atoms with van der Waals surface area (Å²) in [5, 5.41) is 0. The fourth-order valence-electron chi connectivity index (χ4n) is 2.34. The summed E-state index contributed by atoms with van der Waals surface area (Å²) in [6.45, 7) is 4.19. The van der Waals surface area contributed by atoms with E-state index < -0.39 is 0 Å². The molecule has 2 unspecified atom stereocenters. The third-order valence-electron chi connectivity index (χ3n) is 3.34. The first-order valence-electron chi connectivity index (χ1n) is 6.15. The zero-order valence-electron chi connectivity index (χ0n) is 10.4. The van der Waals surface area contributed by atoms with Crippen LogP contribution in [0.1, 0.15) is 38.2 Å². The summed E-state index contributed by atoms with van der Waals surface area (Å²) in [7, 11) is 0. The first-order chi connectivity index (χ1) is 8.20. The standard InChI is InChI=1S/C12H20N4O/c1-8-4-3-5-10(6-8)17-12-9(2)11(16-13)14-7-15-12/h7-8,10H,3-6,13H2,1-2H3,(H,14,15,16). The highest BCUT2D eigenvalue weighted by Crippen LogP contribution is 2.28. The molecule has 2 atom stereocenters. The number of nitrogen functional groups attached to an aromatic ring is 1. The Morgan fingerprint density at radius 3 is 2.94 bits per heavy atom. The van der Waals surface area contributed by atoms with Gasteiger partial charge in [-0.15, -0.1) is 0 Å². The molecule has 0 saturated heterocycles. The van der Waals surface area contributed by atoms with E-state index in [0.29, 0.717) is 11.7 Å². The van der Waals surface area contributed by atoms with Gasteiger partial charge in [0.1, 0.15) is 18.2 Å². The highest BCUT2D eigenvalue weighted by molar-refractivity contribution is 5.46. The van der Waals surface area contributed by atoms with Crippen LogP contribution in [-0.2, 0) is 0 Å². The number of hydrogen-bond acceptors (Lipinski definition) is 5. The minimum absolute atomic E-state index is 0.276. The molecule has 5 heteroatoms. The third-order valence-corrected chi connectivity index (χ3v) is 3.34. The maximum Gasteiger partial charge on any atom is 0.221 e. The summed E-state index contributed by atoms with van der Waals surface area (Å²) in [4.78, 5) is 8.22. The van der Waals surface area contributed by atoms with Crippen LogP contribution in [0.5, 0.6) is 5.88 Å². The number of hydrogen-bond donors (Lipinski definition) is 2. The third kappa shape index (κ3) is 2.85. The van der Waals surface area contributed by atoms with Gasteiger partial charge < -0.3 is 10.2 Å². The van der Waals surface area contributed by atoms with E-state index in [0.717, 1.165) is 24.3 Å². The molecule has 3 N–H and O–H groups in total. The van der Waals surface area contributed by atoms with Gasteiger partial charge in [-0.3, -0.25) is 0 Å². The Hall–Kier alpha value is -1.36. The summed E-state index contributed by atoms with van der Waals surface area (Å²) in [5.74, 6) is 7.39. The lowest BCUT2D eigenvalue weighted by Gasteiger charge is -2.27. The number of hydrazine groups is 1. The Kier molecular flexibility index (Phi) is 3.78. The van der Waals surface area contributed by atoms with Gasteiger partial charge in [-0.25, -0.2) is 15.8 Å². The lowest BCUT2D eigenvalue weighted by atomic mass is 9.89. The molecule has 2 rings (SSSR count). The Bertz CT molecular complexity index is 383. The predicted octanol–water partition coefficient (Wildman–Crippen LogP) is 2.03. The summed E-state index contributed by atoms with van der Waals surface area (Å²) in [6, 6.07) is 0. The second-order valence-corrected chi connectivity index (χ2v) is 4.81. The number of aromatic nitrogens is 2. The van der Waals surface area contributed by atoms with Crippen molar-refractivity contribution in [3.8, 4) is 5.88 Å². The molecule has 0 aliphatic heterocycles. The van der Waals surface area contributed by atoms with Crippen molar-refractivity contribution in [3.05, 3.63) is 11.9 Å². The zero-order chi connectivity index (χ0) is 12.3. The lowest BCUT2D eigenvalue weighted by Crippen LogP contribution is -2.25. The van der Waals surface area contributed by atoms with Gasteiger partial charge >= 0.3 is 0 Å². The molecule has 0 radical (unpaired) electrons. The van der Waals surface area contributed by atoms with Gasteiger partial charge in [0, 0.05) is 0 Å². The van der Waals surface area contributed by atoms with E-state index >= 15 is 0 Å². The van der Waals surface area contributed by atoms with E-state index in [-0.39, 0.29) is 6.10 Å². The van der Waals surface area contributed by atoms with Crippen molar-refractivity contribution in [2.45, 2.75) is 45.6 Å². The first kappa shape index (κ1) is 12.1. The maximum atomic E-state index is 5.95. The maximum absolute atomic E-state index is 5.95. The fourth-order valence-corrected chi connectivity index (χ4v) is 2.34. The molecule has 0 spiro atoms. The quantitative estimate of drug-likeness (QED) is 0.620. The average Bonchev–Trinajstić information content (AvgIpc) is 2.32. The number of ether oxygens (including phenoxy) is 1. The van der Waals surface area contributed by atoms with Crippen LogP contribution < -0.4 is 16.0 Å². The molecular formula is C12H20N4O. The number of nitrogens with two attached hydrogens (primary N) is 1. The van der Waals surface area contributed by atoms with Gasteiger partial charge in [0.2, 0.25) is 5.88 Å². The molecule has 0 amide bonds.